The molecule has 0 atom stereocenters. The molecule has 1 spiro atoms. The number of nitrogens with zero attached hydrogens (tertiary/aromatic N) is 1. The van der Waals surface area contributed by atoms with Gasteiger partial charge in [0.25, 0.3) is 0 Å². The number of hydrogen-bond acceptors (Lipinski definition) is 3. The lowest BCUT2D eigenvalue weighted by Crippen LogP contribution is -2.54. The summed E-state index contributed by atoms with van der Waals surface area (Å²) in [5, 5.41) is 0. The molecule has 2 aromatic carbocycles. The van der Waals surface area contributed by atoms with Crippen LogP contribution in [0.15, 0.2) is 53.4 Å². The number of halogens is 2. The molecule has 0 aromatic heterocycles. The van der Waals surface area contributed by atoms with E-state index in [1.165, 1.54) is 12.1 Å². The van der Waals surface area contributed by atoms with Crippen LogP contribution in [0.2, 0.25) is 0 Å². The predicted octanol–water partition coefficient (Wildman–Crippen LogP) is 3.69. The Morgan fingerprint density at radius 1 is 1.04 bits per heavy atom. The van der Waals surface area contributed by atoms with Gasteiger partial charge in [-0.3, -0.25) is 4.90 Å². The fourth-order valence-electron chi connectivity index (χ4n) is 4.44. The fraction of sp³-hybridized carbons (Fsp3) is 0.429. The summed E-state index contributed by atoms with van der Waals surface area (Å²) in [5.74, 6) is -1.06. The van der Waals surface area contributed by atoms with Crippen LogP contribution in [-0.4, -0.2) is 32.4 Å². The summed E-state index contributed by atoms with van der Waals surface area (Å²) in [5.41, 5.74) is 0.696. The molecule has 0 unspecified atom stereocenters. The zero-order valence-electron chi connectivity index (χ0n) is 15.6. The highest BCUT2D eigenvalue weighted by atomic mass is 32.2. The molecule has 150 valence electrons. The fourth-order valence-corrected chi connectivity index (χ4v) is 5.70. The molecule has 0 amide bonds. The van der Waals surface area contributed by atoms with Crippen molar-refractivity contribution >= 4 is 10.0 Å². The summed E-state index contributed by atoms with van der Waals surface area (Å²) in [6, 6.07) is 12.1. The van der Waals surface area contributed by atoms with Crippen LogP contribution in [0.25, 0.3) is 0 Å². The zero-order chi connectivity index (χ0) is 19.8. The number of sulfonamides is 1. The molecule has 1 aliphatic carbocycles. The molecule has 7 heteroatoms. The van der Waals surface area contributed by atoms with E-state index in [9.17, 15) is 17.2 Å². The van der Waals surface area contributed by atoms with Gasteiger partial charge in [0.1, 0.15) is 11.6 Å². The Kier molecular flexibility index (Phi) is 5.24. The van der Waals surface area contributed by atoms with Gasteiger partial charge in [0.15, 0.2) is 0 Å². The molecule has 1 N–H and O–H groups in total. The number of nitrogens with one attached hydrogen (secondary N) is 1. The average molecular weight is 406 g/mol. The van der Waals surface area contributed by atoms with Crippen molar-refractivity contribution in [2.24, 2.45) is 5.41 Å². The second-order valence-electron chi connectivity index (χ2n) is 8.05. The highest BCUT2D eigenvalue weighted by molar-refractivity contribution is 7.89. The lowest BCUT2D eigenvalue weighted by molar-refractivity contribution is 0.0103. The first-order valence-corrected chi connectivity index (χ1v) is 11.1. The molecule has 1 saturated carbocycles. The van der Waals surface area contributed by atoms with E-state index in [4.69, 9.17) is 0 Å². The van der Waals surface area contributed by atoms with Crippen LogP contribution in [-0.2, 0) is 16.6 Å². The van der Waals surface area contributed by atoms with Gasteiger partial charge in [-0.25, -0.2) is 21.9 Å². The molecule has 1 saturated heterocycles. The standard InChI is InChI=1S/C21H24F2N2O2S/c22-17-7-6-16(20(23)12-17)15-25-10-8-21(9-11-25)13-18(14-21)24-28(26,27)19-4-2-1-3-5-19/h1-7,12,18,24H,8-11,13-15H2. The molecule has 28 heavy (non-hydrogen) atoms. The van der Waals surface area contributed by atoms with Crippen LogP contribution in [0.4, 0.5) is 8.78 Å². The average Bonchev–Trinajstić information content (AvgIpc) is 2.65. The van der Waals surface area contributed by atoms with Crippen molar-refractivity contribution in [1.29, 1.82) is 0 Å². The maximum Gasteiger partial charge on any atom is 0.240 e. The number of benzene rings is 2. The number of hydrogen-bond donors (Lipinski definition) is 1. The Morgan fingerprint density at radius 2 is 1.71 bits per heavy atom. The van der Waals surface area contributed by atoms with Gasteiger partial charge >= 0.3 is 0 Å². The third-order valence-electron chi connectivity index (χ3n) is 6.06. The van der Waals surface area contributed by atoms with E-state index in [1.54, 1.807) is 30.3 Å². The lowest BCUT2D eigenvalue weighted by atomic mass is 9.60. The lowest BCUT2D eigenvalue weighted by Gasteiger charge is -2.52. The first-order chi connectivity index (χ1) is 13.4. The quantitative estimate of drug-likeness (QED) is 0.824. The van der Waals surface area contributed by atoms with E-state index >= 15 is 0 Å². The smallest absolute Gasteiger partial charge is 0.240 e. The Hall–Kier alpha value is -1.83. The van der Waals surface area contributed by atoms with E-state index in [0.29, 0.717) is 17.0 Å². The van der Waals surface area contributed by atoms with Crippen molar-refractivity contribution in [3.63, 3.8) is 0 Å². The molecule has 2 aromatic rings. The number of piperidine rings is 1. The van der Waals surface area contributed by atoms with Crippen molar-refractivity contribution in [2.45, 2.75) is 43.2 Å². The van der Waals surface area contributed by atoms with Crippen LogP contribution in [0, 0.1) is 17.0 Å². The third-order valence-corrected chi connectivity index (χ3v) is 7.60. The van der Waals surface area contributed by atoms with Crippen LogP contribution in [0.1, 0.15) is 31.2 Å². The van der Waals surface area contributed by atoms with Gasteiger partial charge in [0.2, 0.25) is 10.0 Å². The summed E-state index contributed by atoms with van der Waals surface area (Å²) in [4.78, 5) is 2.48. The minimum Gasteiger partial charge on any atom is -0.299 e. The Morgan fingerprint density at radius 3 is 2.36 bits per heavy atom. The number of likely N-dealkylation sites (tertiary alicyclic amines) is 1. The Labute approximate surface area is 164 Å². The highest BCUT2D eigenvalue weighted by Crippen LogP contribution is 2.49. The summed E-state index contributed by atoms with van der Waals surface area (Å²) >= 11 is 0. The van der Waals surface area contributed by atoms with Gasteiger partial charge in [-0.2, -0.15) is 0 Å². The van der Waals surface area contributed by atoms with E-state index in [1.807, 2.05) is 0 Å². The highest BCUT2D eigenvalue weighted by Gasteiger charge is 2.46. The molecule has 0 radical (unpaired) electrons. The van der Waals surface area contributed by atoms with Crippen LogP contribution < -0.4 is 4.72 Å². The summed E-state index contributed by atoms with van der Waals surface area (Å²) in [6.45, 7) is 2.16. The number of rotatable bonds is 5. The van der Waals surface area contributed by atoms with Gasteiger partial charge < -0.3 is 0 Å². The van der Waals surface area contributed by atoms with Crippen molar-refractivity contribution < 1.29 is 17.2 Å². The monoisotopic (exact) mass is 406 g/mol. The zero-order valence-corrected chi connectivity index (χ0v) is 16.4. The minimum atomic E-state index is -3.47. The molecule has 2 aliphatic rings. The summed E-state index contributed by atoms with van der Waals surface area (Å²) < 4.78 is 54.6. The molecule has 2 fully saturated rings. The normalized spacial score (nSPS) is 20.2. The van der Waals surface area contributed by atoms with Crippen molar-refractivity contribution in [1.82, 2.24) is 9.62 Å². The summed E-state index contributed by atoms with van der Waals surface area (Å²) in [7, 11) is -3.47. The molecular formula is C21H24F2N2O2S. The second kappa shape index (κ2) is 7.54. The minimum absolute atomic E-state index is 0.0219. The van der Waals surface area contributed by atoms with Gasteiger partial charge in [0, 0.05) is 24.2 Å². The van der Waals surface area contributed by atoms with Gasteiger partial charge in [0.05, 0.1) is 4.90 Å². The van der Waals surface area contributed by atoms with Gasteiger partial charge in [-0.05, 0) is 62.4 Å². The van der Waals surface area contributed by atoms with Gasteiger partial charge in [-0.1, -0.05) is 24.3 Å². The van der Waals surface area contributed by atoms with E-state index in [-0.39, 0.29) is 11.5 Å². The molecule has 1 aliphatic heterocycles. The first-order valence-electron chi connectivity index (χ1n) is 9.59. The molecule has 4 nitrogen and oxygen atoms in total. The maximum atomic E-state index is 13.9. The molecule has 1 heterocycles. The molecule has 0 bridgehead atoms. The van der Waals surface area contributed by atoms with Gasteiger partial charge in [-0.15, -0.1) is 0 Å². The molecular weight excluding hydrogens is 382 g/mol. The van der Waals surface area contributed by atoms with Crippen molar-refractivity contribution in [3.8, 4) is 0 Å². The van der Waals surface area contributed by atoms with E-state index in [0.717, 1.165) is 44.8 Å². The second-order valence-corrected chi connectivity index (χ2v) is 9.77. The van der Waals surface area contributed by atoms with Crippen LogP contribution in [0.3, 0.4) is 0 Å². The largest absolute Gasteiger partial charge is 0.299 e. The third kappa shape index (κ3) is 4.11. The predicted molar refractivity (Wildman–Crippen MR) is 103 cm³/mol. The Balaban J connectivity index is 1.28. The van der Waals surface area contributed by atoms with E-state index < -0.39 is 21.7 Å². The van der Waals surface area contributed by atoms with Crippen molar-refractivity contribution in [3.05, 3.63) is 65.7 Å². The summed E-state index contributed by atoms with van der Waals surface area (Å²) in [6.07, 6.45) is 3.63. The van der Waals surface area contributed by atoms with Crippen LogP contribution >= 0.6 is 0 Å². The van der Waals surface area contributed by atoms with E-state index in [2.05, 4.69) is 9.62 Å². The van der Waals surface area contributed by atoms with Crippen LogP contribution in [0.5, 0.6) is 0 Å². The topological polar surface area (TPSA) is 49.4 Å². The SMILES string of the molecule is O=S(=O)(NC1CC2(CCN(Cc3ccc(F)cc3F)CC2)C1)c1ccccc1. The van der Waals surface area contributed by atoms with Crippen molar-refractivity contribution in [2.75, 3.05) is 13.1 Å². The maximum absolute atomic E-state index is 13.9. The Bertz CT molecular complexity index is 934. The molecule has 4 rings (SSSR count). The first kappa shape index (κ1) is 19.5.